The molecule has 0 radical (unpaired) electrons. The lowest BCUT2D eigenvalue weighted by molar-refractivity contribution is -0.113. The summed E-state index contributed by atoms with van der Waals surface area (Å²) in [5.74, 6) is -0.335. The number of nitriles is 1. The van der Waals surface area contributed by atoms with Crippen molar-refractivity contribution in [3.63, 3.8) is 0 Å². The minimum Gasteiger partial charge on any atom is -0.398 e. The molecular formula is C18H14N6O2S. The predicted octanol–water partition coefficient (Wildman–Crippen LogP) is 2.02. The quantitative estimate of drug-likeness (QED) is 0.456. The first-order chi connectivity index (χ1) is 13.1. The second kappa shape index (κ2) is 8.16. The van der Waals surface area contributed by atoms with Crippen molar-refractivity contribution in [2.75, 3.05) is 16.8 Å². The zero-order valence-corrected chi connectivity index (χ0v) is 14.8. The minimum atomic E-state index is -0.444. The Morgan fingerprint density at radius 3 is 2.67 bits per heavy atom. The van der Waals surface area contributed by atoms with Gasteiger partial charge in [-0.3, -0.25) is 14.6 Å². The highest BCUT2D eigenvalue weighted by atomic mass is 32.2. The van der Waals surface area contributed by atoms with E-state index in [0.29, 0.717) is 22.5 Å². The smallest absolute Gasteiger partial charge is 0.278 e. The maximum Gasteiger partial charge on any atom is 0.278 e. The van der Waals surface area contributed by atoms with Crippen molar-refractivity contribution < 1.29 is 4.79 Å². The summed E-state index contributed by atoms with van der Waals surface area (Å²) in [4.78, 5) is 26.9. The molecule has 0 saturated heterocycles. The van der Waals surface area contributed by atoms with Crippen molar-refractivity contribution in [1.82, 2.24) is 15.2 Å². The Balaban J connectivity index is 1.68. The molecule has 1 amide bonds. The molecule has 8 nitrogen and oxygen atoms in total. The van der Waals surface area contributed by atoms with Gasteiger partial charge in [-0.05, 0) is 18.2 Å². The third-order valence-corrected chi connectivity index (χ3v) is 4.42. The number of carbonyl (C=O) groups is 1. The Bertz CT molecular complexity index is 1090. The standard InChI is InChI=1S/C18H14N6O2S/c19-9-11-5-1-4-8-14(11)21-15(25)10-27-18-22-17(26)16(23-24-18)12-6-2-3-7-13(12)20/h1-8H,10,20H2,(H,21,25)(H,22,24,26). The summed E-state index contributed by atoms with van der Waals surface area (Å²) in [6, 6.07) is 15.6. The third kappa shape index (κ3) is 4.31. The van der Waals surface area contributed by atoms with E-state index in [9.17, 15) is 9.59 Å². The zero-order valence-electron chi connectivity index (χ0n) is 14.0. The Kier molecular flexibility index (Phi) is 5.49. The molecule has 0 unspecified atom stereocenters. The lowest BCUT2D eigenvalue weighted by Gasteiger charge is -2.06. The normalized spacial score (nSPS) is 10.2. The predicted molar refractivity (Wildman–Crippen MR) is 103 cm³/mol. The maximum absolute atomic E-state index is 12.2. The van der Waals surface area contributed by atoms with Crippen LogP contribution in [0.4, 0.5) is 11.4 Å². The average Bonchev–Trinajstić information content (AvgIpc) is 2.68. The van der Waals surface area contributed by atoms with Gasteiger partial charge in [-0.1, -0.05) is 42.1 Å². The number of nitrogens with one attached hydrogen (secondary N) is 2. The molecule has 0 aliphatic carbocycles. The number of anilines is 2. The molecule has 0 spiro atoms. The number of aromatic nitrogens is 3. The van der Waals surface area contributed by atoms with E-state index in [2.05, 4.69) is 20.5 Å². The number of H-pyrrole nitrogens is 1. The van der Waals surface area contributed by atoms with Crippen LogP contribution in [0.15, 0.2) is 58.5 Å². The van der Waals surface area contributed by atoms with Crippen molar-refractivity contribution in [1.29, 1.82) is 5.26 Å². The summed E-state index contributed by atoms with van der Waals surface area (Å²) in [5, 5.41) is 19.8. The molecule has 0 atom stereocenters. The number of hydrogen-bond acceptors (Lipinski definition) is 7. The molecule has 0 fully saturated rings. The van der Waals surface area contributed by atoms with Gasteiger partial charge in [0.05, 0.1) is 17.0 Å². The van der Waals surface area contributed by atoms with Crippen LogP contribution in [0.25, 0.3) is 11.3 Å². The van der Waals surface area contributed by atoms with Gasteiger partial charge in [-0.2, -0.15) is 5.26 Å². The Morgan fingerprint density at radius 2 is 1.93 bits per heavy atom. The van der Waals surface area contributed by atoms with E-state index in [1.54, 1.807) is 48.5 Å². The Labute approximate surface area is 158 Å². The number of rotatable bonds is 5. The Hall–Kier alpha value is -3.64. The second-order valence-corrected chi connectivity index (χ2v) is 6.35. The van der Waals surface area contributed by atoms with Crippen LogP contribution in [0.1, 0.15) is 5.56 Å². The SMILES string of the molecule is N#Cc1ccccc1NC(=O)CSc1nnc(-c2ccccc2N)c(=O)[nH]1. The summed E-state index contributed by atoms with van der Waals surface area (Å²) in [6.07, 6.45) is 0. The van der Waals surface area contributed by atoms with E-state index in [0.717, 1.165) is 11.8 Å². The van der Waals surface area contributed by atoms with Gasteiger partial charge in [0, 0.05) is 11.3 Å². The van der Waals surface area contributed by atoms with Gasteiger partial charge >= 0.3 is 0 Å². The number of nitrogens with zero attached hydrogens (tertiary/aromatic N) is 3. The fourth-order valence-corrected chi connectivity index (χ4v) is 2.89. The van der Waals surface area contributed by atoms with E-state index in [-0.39, 0.29) is 22.5 Å². The topological polar surface area (TPSA) is 138 Å². The number of carbonyl (C=O) groups excluding carboxylic acids is 1. The van der Waals surface area contributed by atoms with Crippen molar-refractivity contribution in [3.05, 3.63) is 64.4 Å². The number of nitrogen functional groups attached to an aromatic ring is 1. The molecule has 1 aromatic heterocycles. The highest BCUT2D eigenvalue weighted by Gasteiger charge is 2.12. The Morgan fingerprint density at radius 1 is 1.19 bits per heavy atom. The number of benzene rings is 2. The van der Waals surface area contributed by atoms with Gasteiger partial charge < -0.3 is 11.1 Å². The molecule has 0 aliphatic heterocycles. The van der Waals surface area contributed by atoms with Crippen LogP contribution in [0.2, 0.25) is 0 Å². The highest BCUT2D eigenvalue weighted by molar-refractivity contribution is 7.99. The van der Waals surface area contributed by atoms with E-state index < -0.39 is 5.56 Å². The summed E-state index contributed by atoms with van der Waals surface area (Å²) < 4.78 is 0. The lowest BCUT2D eigenvalue weighted by atomic mass is 10.1. The van der Waals surface area contributed by atoms with Crippen molar-refractivity contribution in [2.24, 2.45) is 0 Å². The second-order valence-electron chi connectivity index (χ2n) is 5.39. The van der Waals surface area contributed by atoms with E-state index in [1.165, 1.54) is 0 Å². The van der Waals surface area contributed by atoms with Crippen LogP contribution in [0.3, 0.4) is 0 Å². The monoisotopic (exact) mass is 378 g/mol. The fourth-order valence-electron chi connectivity index (χ4n) is 2.29. The van der Waals surface area contributed by atoms with Gasteiger partial charge in [0.25, 0.3) is 5.56 Å². The van der Waals surface area contributed by atoms with Gasteiger partial charge in [0.2, 0.25) is 5.91 Å². The van der Waals surface area contributed by atoms with Crippen molar-refractivity contribution in [2.45, 2.75) is 5.16 Å². The number of amides is 1. The molecule has 9 heteroatoms. The van der Waals surface area contributed by atoms with E-state index in [1.807, 2.05) is 6.07 Å². The summed E-state index contributed by atoms with van der Waals surface area (Å²) >= 11 is 1.03. The van der Waals surface area contributed by atoms with Gasteiger partial charge in [-0.25, -0.2) is 0 Å². The van der Waals surface area contributed by atoms with Gasteiger partial charge in [0.15, 0.2) is 10.9 Å². The molecule has 0 aliphatic rings. The third-order valence-electron chi connectivity index (χ3n) is 3.55. The number of aromatic amines is 1. The van der Waals surface area contributed by atoms with Crippen LogP contribution < -0.4 is 16.6 Å². The van der Waals surface area contributed by atoms with Gasteiger partial charge in [0.1, 0.15) is 6.07 Å². The first kappa shape index (κ1) is 18.2. The minimum absolute atomic E-state index is 0.00277. The van der Waals surface area contributed by atoms with Crippen molar-refractivity contribution >= 4 is 29.0 Å². The molecule has 27 heavy (non-hydrogen) atoms. The largest absolute Gasteiger partial charge is 0.398 e. The molecule has 3 rings (SSSR count). The average molecular weight is 378 g/mol. The number of para-hydroxylation sites is 2. The summed E-state index contributed by atoms with van der Waals surface area (Å²) in [6.45, 7) is 0. The first-order valence-corrected chi connectivity index (χ1v) is 8.80. The van der Waals surface area contributed by atoms with Crippen LogP contribution in [0, 0.1) is 11.3 Å². The van der Waals surface area contributed by atoms with E-state index in [4.69, 9.17) is 11.0 Å². The number of hydrogen-bond donors (Lipinski definition) is 3. The molecule has 1 heterocycles. The van der Waals surface area contributed by atoms with Crippen LogP contribution in [-0.4, -0.2) is 26.8 Å². The van der Waals surface area contributed by atoms with Crippen LogP contribution in [-0.2, 0) is 4.79 Å². The van der Waals surface area contributed by atoms with Crippen molar-refractivity contribution in [3.8, 4) is 17.3 Å². The highest BCUT2D eigenvalue weighted by Crippen LogP contribution is 2.21. The summed E-state index contributed by atoms with van der Waals surface area (Å²) in [5.41, 5.74) is 7.24. The molecular weight excluding hydrogens is 364 g/mol. The van der Waals surface area contributed by atoms with Crippen LogP contribution in [0.5, 0.6) is 0 Å². The fraction of sp³-hybridized carbons (Fsp3) is 0.0556. The van der Waals surface area contributed by atoms with E-state index >= 15 is 0 Å². The number of thioether (sulfide) groups is 1. The lowest BCUT2D eigenvalue weighted by Crippen LogP contribution is -2.17. The molecule has 4 N–H and O–H groups in total. The van der Waals surface area contributed by atoms with Gasteiger partial charge in [-0.15, -0.1) is 10.2 Å². The summed E-state index contributed by atoms with van der Waals surface area (Å²) in [7, 11) is 0. The molecule has 0 bridgehead atoms. The molecule has 3 aromatic rings. The molecule has 2 aromatic carbocycles. The first-order valence-electron chi connectivity index (χ1n) is 7.82. The number of nitrogens with two attached hydrogens (primary N) is 1. The molecule has 0 saturated carbocycles. The maximum atomic E-state index is 12.2. The van der Waals surface area contributed by atoms with Crippen LogP contribution >= 0.6 is 11.8 Å². The molecule has 134 valence electrons. The zero-order chi connectivity index (χ0) is 19.2.